The zero-order chi connectivity index (χ0) is 13.1. The lowest BCUT2D eigenvalue weighted by molar-refractivity contribution is 0.0600. The standard InChI is InChI=1S/C11H14O5S/c1-15-10-5-4-8(11(12)16-2)6-9(10)7-17(3,13)14/h4-6H,7H2,1-3H3. The molecule has 0 saturated heterocycles. The van der Waals surface area contributed by atoms with Gasteiger partial charge < -0.3 is 9.47 Å². The third-order valence-electron chi connectivity index (χ3n) is 2.12. The summed E-state index contributed by atoms with van der Waals surface area (Å²) < 4.78 is 32.1. The predicted molar refractivity (Wildman–Crippen MR) is 62.9 cm³/mol. The second kappa shape index (κ2) is 5.18. The van der Waals surface area contributed by atoms with E-state index in [1.54, 1.807) is 6.07 Å². The van der Waals surface area contributed by atoms with E-state index >= 15 is 0 Å². The van der Waals surface area contributed by atoms with Crippen LogP contribution in [-0.4, -0.2) is 34.9 Å². The molecule has 1 aromatic carbocycles. The summed E-state index contributed by atoms with van der Waals surface area (Å²) in [5.74, 6) is -0.258. The molecule has 0 fully saturated rings. The topological polar surface area (TPSA) is 69.7 Å². The summed E-state index contributed by atoms with van der Waals surface area (Å²) in [6.07, 6.45) is 1.12. The van der Waals surface area contributed by atoms with E-state index in [1.165, 1.54) is 26.4 Å². The van der Waals surface area contributed by atoms with Gasteiger partial charge in [0, 0.05) is 11.8 Å². The Bertz CT molecular complexity index is 519. The Morgan fingerprint density at radius 3 is 2.41 bits per heavy atom. The second-order valence-corrected chi connectivity index (χ2v) is 5.73. The van der Waals surface area contributed by atoms with Crippen molar-refractivity contribution < 1.29 is 22.7 Å². The van der Waals surface area contributed by atoms with E-state index in [2.05, 4.69) is 4.74 Å². The van der Waals surface area contributed by atoms with Gasteiger partial charge in [-0.2, -0.15) is 0 Å². The maximum Gasteiger partial charge on any atom is 0.337 e. The molecule has 0 N–H and O–H groups in total. The summed E-state index contributed by atoms with van der Waals surface area (Å²) in [7, 11) is -0.481. The fourth-order valence-electron chi connectivity index (χ4n) is 1.42. The van der Waals surface area contributed by atoms with Crippen LogP contribution in [0.2, 0.25) is 0 Å². The molecule has 0 radical (unpaired) electrons. The van der Waals surface area contributed by atoms with Gasteiger partial charge in [0.05, 0.1) is 25.5 Å². The third-order valence-corrected chi connectivity index (χ3v) is 2.95. The summed E-state index contributed by atoms with van der Waals surface area (Å²) in [5, 5.41) is 0. The summed E-state index contributed by atoms with van der Waals surface area (Å²) in [6.45, 7) is 0. The molecule has 1 aromatic rings. The molecular weight excluding hydrogens is 244 g/mol. The highest BCUT2D eigenvalue weighted by atomic mass is 32.2. The lowest BCUT2D eigenvalue weighted by atomic mass is 10.1. The highest BCUT2D eigenvalue weighted by Crippen LogP contribution is 2.22. The molecule has 0 aliphatic rings. The van der Waals surface area contributed by atoms with E-state index in [0.717, 1.165) is 6.26 Å². The lowest BCUT2D eigenvalue weighted by Crippen LogP contribution is -2.06. The van der Waals surface area contributed by atoms with Crippen molar-refractivity contribution >= 4 is 15.8 Å². The summed E-state index contributed by atoms with van der Waals surface area (Å²) in [6, 6.07) is 4.54. The van der Waals surface area contributed by atoms with Gasteiger partial charge in [0.25, 0.3) is 0 Å². The molecule has 0 amide bonds. The lowest BCUT2D eigenvalue weighted by Gasteiger charge is -2.09. The first-order valence-corrected chi connectivity index (χ1v) is 6.86. The van der Waals surface area contributed by atoms with Crippen LogP contribution in [0, 0.1) is 0 Å². The molecule has 94 valence electrons. The van der Waals surface area contributed by atoms with Crippen molar-refractivity contribution in [2.45, 2.75) is 5.75 Å². The Morgan fingerprint density at radius 1 is 1.29 bits per heavy atom. The van der Waals surface area contributed by atoms with E-state index in [-0.39, 0.29) is 5.75 Å². The van der Waals surface area contributed by atoms with Crippen LogP contribution in [0.5, 0.6) is 5.75 Å². The van der Waals surface area contributed by atoms with Crippen LogP contribution in [0.4, 0.5) is 0 Å². The van der Waals surface area contributed by atoms with Crippen molar-refractivity contribution in [2.75, 3.05) is 20.5 Å². The molecule has 0 aliphatic carbocycles. The SMILES string of the molecule is COC(=O)c1ccc(OC)c(CS(C)(=O)=O)c1. The zero-order valence-corrected chi connectivity index (χ0v) is 10.7. The highest BCUT2D eigenvalue weighted by molar-refractivity contribution is 7.89. The maximum atomic E-state index is 11.3. The number of sulfone groups is 1. The first-order chi connectivity index (χ1) is 7.87. The quantitative estimate of drug-likeness (QED) is 0.754. The van der Waals surface area contributed by atoms with Crippen LogP contribution in [0.1, 0.15) is 15.9 Å². The number of rotatable bonds is 4. The second-order valence-electron chi connectivity index (χ2n) is 3.59. The fourth-order valence-corrected chi connectivity index (χ4v) is 2.21. The van der Waals surface area contributed by atoms with Crippen molar-refractivity contribution in [3.05, 3.63) is 29.3 Å². The van der Waals surface area contributed by atoms with Crippen LogP contribution in [0.15, 0.2) is 18.2 Å². The van der Waals surface area contributed by atoms with Gasteiger partial charge in [0.15, 0.2) is 9.84 Å². The number of ether oxygens (including phenoxy) is 2. The predicted octanol–water partition coefficient (Wildman–Crippen LogP) is 1.03. The van der Waals surface area contributed by atoms with E-state index in [1.807, 2.05) is 0 Å². The van der Waals surface area contributed by atoms with Gasteiger partial charge in [0.1, 0.15) is 5.75 Å². The van der Waals surface area contributed by atoms with Gasteiger partial charge in [-0.05, 0) is 18.2 Å². The summed E-state index contributed by atoms with van der Waals surface area (Å²) >= 11 is 0. The van der Waals surface area contributed by atoms with Crippen molar-refractivity contribution in [3.63, 3.8) is 0 Å². The maximum absolute atomic E-state index is 11.3. The minimum absolute atomic E-state index is 0.180. The number of carbonyl (C=O) groups is 1. The van der Waals surface area contributed by atoms with Crippen LogP contribution in [-0.2, 0) is 20.3 Å². The van der Waals surface area contributed by atoms with E-state index < -0.39 is 15.8 Å². The summed E-state index contributed by atoms with van der Waals surface area (Å²) in [4.78, 5) is 11.3. The number of benzene rings is 1. The van der Waals surface area contributed by atoms with Crippen molar-refractivity contribution in [3.8, 4) is 5.75 Å². The molecule has 0 unspecified atom stereocenters. The van der Waals surface area contributed by atoms with Crippen LogP contribution in [0.25, 0.3) is 0 Å². The van der Waals surface area contributed by atoms with Gasteiger partial charge in [-0.25, -0.2) is 13.2 Å². The molecule has 0 aliphatic heterocycles. The summed E-state index contributed by atoms with van der Waals surface area (Å²) in [5.41, 5.74) is 0.741. The Kier molecular flexibility index (Phi) is 4.11. The average Bonchev–Trinajstić information content (AvgIpc) is 2.25. The number of methoxy groups -OCH3 is 2. The van der Waals surface area contributed by atoms with Gasteiger partial charge in [-0.1, -0.05) is 0 Å². The van der Waals surface area contributed by atoms with Gasteiger partial charge in [0.2, 0.25) is 0 Å². The van der Waals surface area contributed by atoms with Crippen molar-refractivity contribution in [1.82, 2.24) is 0 Å². The average molecular weight is 258 g/mol. The van der Waals surface area contributed by atoms with Crippen molar-refractivity contribution in [2.24, 2.45) is 0 Å². The number of hydrogen-bond donors (Lipinski definition) is 0. The molecule has 6 heteroatoms. The molecule has 1 rings (SSSR count). The van der Waals surface area contributed by atoms with Crippen LogP contribution >= 0.6 is 0 Å². The molecule has 5 nitrogen and oxygen atoms in total. The smallest absolute Gasteiger partial charge is 0.337 e. The fraction of sp³-hybridized carbons (Fsp3) is 0.364. The first-order valence-electron chi connectivity index (χ1n) is 4.80. The van der Waals surface area contributed by atoms with Gasteiger partial charge in [-0.3, -0.25) is 0 Å². The van der Waals surface area contributed by atoms with Gasteiger partial charge >= 0.3 is 5.97 Å². The minimum atomic E-state index is -3.19. The normalized spacial score (nSPS) is 11.0. The van der Waals surface area contributed by atoms with Crippen molar-refractivity contribution in [1.29, 1.82) is 0 Å². The Morgan fingerprint density at radius 2 is 1.94 bits per heavy atom. The Labute approximate surface area is 100 Å². The van der Waals surface area contributed by atoms with Gasteiger partial charge in [-0.15, -0.1) is 0 Å². The van der Waals surface area contributed by atoms with E-state index in [9.17, 15) is 13.2 Å². The number of carbonyl (C=O) groups excluding carboxylic acids is 1. The highest BCUT2D eigenvalue weighted by Gasteiger charge is 2.14. The Balaban J connectivity index is 3.20. The van der Waals surface area contributed by atoms with Crippen LogP contribution in [0.3, 0.4) is 0 Å². The molecular formula is C11H14O5S. The van der Waals surface area contributed by atoms with Crippen LogP contribution < -0.4 is 4.74 Å². The molecule has 0 aromatic heterocycles. The minimum Gasteiger partial charge on any atom is -0.496 e. The molecule has 0 saturated carbocycles. The molecule has 0 bridgehead atoms. The number of esters is 1. The Hall–Kier alpha value is -1.56. The third kappa shape index (κ3) is 3.74. The molecule has 17 heavy (non-hydrogen) atoms. The monoisotopic (exact) mass is 258 g/mol. The first kappa shape index (κ1) is 13.5. The number of hydrogen-bond acceptors (Lipinski definition) is 5. The molecule has 0 atom stereocenters. The molecule has 0 heterocycles. The van der Waals surface area contributed by atoms with E-state index in [4.69, 9.17) is 4.74 Å². The largest absolute Gasteiger partial charge is 0.496 e. The van der Waals surface area contributed by atoms with E-state index in [0.29, 0.717) is 16.9 Å². The molecule has 0 spiro atoms. The zero-order valence-electron chi connectivity index (χ0n) is 9.89.